The molecule has 504 valence electrons. The van der Waals surface area contributed by atoms with E-state index in [0.29, 0.717) is 12.8 Å². The van der Waals surface area contributed by atoms with Crippen molar-refractivity contribution in [2.75, 3.05) is 26.4 Å². The van der Waals surface area contributed by atoms with Crippen molar-refractivity contribution in [2.45, 2.75) is 356 Å². The number of aliphatic hydroxyl groups excluding tert-OH is 11. The molecular weight excluding hydrogens is 1110 g/mol. The maximum absolute atomic E-state index is 13.3. The van der Waals surface area contributed by atoms with E-state index in [1.165, 1.54) is 154 Å². The van der Waals surface area contributed by atoms with Crippen LogP contribution < -0.4 is 5.32 Å². The first-order chi connectivity index (χ1) is 41.8. The summed E-state index contributed by atoms with van der Waals surface area (Å²) in [6, 6.07) is -0.993. The van der Waals surface area contributed by atoms with Gasteiger partial charge in [0.05, 0.1) is 38.6 Å². The average molecular weight is 1230 g/mol. The van der Waals surface area contributed by atoms with Gasteiger partial charge in [-0.05, 0) is 51.4 Å². The standard InChI is InChI=1S/C67H123NO18/c1-3-5-7-9-11-13-15-16-17-18-19-20-21-22-23-24-25-26-27-28-29-30-31-32-33-34-35-36-38-40-42-44-51(72)50(68-55(73)45-43-41-39-37-14-12-10-8-6-4-2)49-81-65-61(79)58(76)63(53(47-70)83-65)86-67-62(80)59(77)64(54(48-71)84-67)85-66-60(78)57(75)56(74)52(46-69)82-66/h8,10,35-36,42,44,50-54,56-67,69-72,74-80H,3-7,9,11-34,37-41,43,45-49H2,1-2H3,(H,68,73)/b10-8-,36-35+,44-42+. The van der Waals surface area contributed by atoms with Gasteiger partial charge in [0.15, 0.2) is 18.9 Å². The van der Waals surface area contributed by atoms with Crippen LogP contribution in [0.25, 0.3) is 0 Å². The maximum Gasteiger partial charge on any atom is 0.220 e. The Bertz CT molecular complexity index is 1710. The summed E-state index contributed by atoms with van der Waals surface area (Å²) in [5.41, 5.74) is 0. The predicted octanol–water partition coefficient (Wildman–Crippen LogP) is 8.44. The number of nitrogens with one attached hydrogen (secondary N) is 1. The first-order valence-corrected chi connectivity index (χ1v) is 34.2. The molecule has 0 bridgehead atoms. The molecule has 19 nitrogen and oxygen atoms in total. The van der Waals surface area contributed by atoms with Gasteiger partial charge in [-0.3, -0.25) is 4.79 Å². The van der Waals surface area contributed by atoms with E-state index in [9.17, 15) is 61.0 Å². The van der Waals surface area contributed by atoms with Crippen LogP contribution in [-0.4, -0.2) is 193 Å². The van der Waals surface area contributed by atoms with Crippen molar-refractivity contribution in [1.82, 2.24) is 5.32 Å². The number of unbranched alkanes of at least 4 members (excludes halogenated alkanes) is 32. The van der Waals surface area contributed by atoms with Gasteiger partial charge in [0.25, 0.3) is 0 Å². The third-order valence-corrected chi connectivity index (χ3v) is 17.1. The van der Waals surface area contributed by atoms with Crippen LogP contribution in [0.3, 0.4) is 0 Å². The van der Waals surface area contributed by atoms with Crippen molar-refractivity contribution in [3.63, 3.8) is 0 Å². The highest BCUT2D eigenvalue weighted by Crippen LogP contribution is 2.33. The molecule has 3 fully saturated rings. The number of hydrogen-bond acceptors (Lipinski definition) is 18. The molecule has 17 atom stereocenters. The molecular formula is C67H123NO18. The highest BCUT2D eigenvalue weighted by molar-refractivity contribution is 5.76. The number of carbonyl (C=O) groups is 1. The van der Waals surface area contributed by atoms with Gasteiger partial charge in [-0.15, -0.1) is 0 Å². The molecule has 0 aliphatic carbocycles. The molecule has 12 N–H and O–H groups in total. The smallest absolute Gasteiger partial charge is 0.220 e. The van der Waals surface area contributed by atoms with Gasteiger partial charge >= 0.3 is 0 Å². The number of carbonyl (C=O) groups excluding carboxylic acids is 1. The predicted molar refractivity (Wildman–Crippen MR) is 333 cm³/mol. The van der Waals surface area contributed by atoms with E-state index in [1.54, 1.807) is 6.08 Å². The summed E-state index contributed by atoms with van der Waals surface area (Å²) < 4.78 is 34.2. The summed E-state index contributed by atoms with van der Waals surface area (Å²) in [5, 5.41) is 120. The summed E-state index contributed by atoms with van der Waals surface area (Å²) in [6.45, 7) is 1.64. The first kappa shape index (κ1) is 78.3. The van der Waals surface area contributed by atoms with Crippen molar-refractivity contribution >= 4 is 5.91 Å². The van der Waals surface area contributed by atoms with Crippen molar-refractivity contribution in [3.8, 4) is 0 Å². The summed E-state index contributed by atoms with van der Waals surface area (Å²) in [7, 11) is 0. The summed E-state index contributed by atoms with van der Waals surface area (Å²) in [5.74, 6) is -0.297. The first-order valence-electron chi connectivity index (χ1n) is 34.2. The van der Waals surface area contributed by atoms with Gasteiger partial charge in [-0.25, -0.2) is 0 Å². The number of amides is 1. The lowest BCUT2D eigenvalue weighted by Gasteiger charge is -2.48. The number of ether oxygens (including phenoxy) is 6. The quantitative estimate of drug-likeness (QED) is 0.0201. The molecule has 3 aliphatic rings. The Morgan fingerprint density at radius 3 is 1.21 bits per heavy atom. The number of hydrogen-bond donors (Lipinski definition) is 12. The Hall–Kier alpha value is -1.99. The van der Waals surface area contributed by atoms with Crippen LogP contribution in [0.15, 0.2) is 36.5 Å². The van der Waals surface area contributed by atoms with Crippen LogP contribution in [0.1, 0.15) is 251 Å². The van der Waals surface area contributed by atoms with Crippen molar-refractivity contribution in [2.24, 2.45) is 0 Å². The van der Waals surface area contributed by atoms with Crippen LogP contribution in [0, 0.1) is 0 Å². The Labute approximate surface area is 517 Å². The molecule has 3 aliphatic heterocycles. The molecule has 0 aromatic carbocycles. The van der Waals surface area contributed by atoms with Gasteiger partial charge in [0.1, 0.15) is 73.2 Å². The van der Waals surface area contributed by atoms with E-state index in [4.69, 9.17) is 28.4 Å². The van der Waals surface area contributed by atoms with Crippen LogP contribution in [0.4, 0.5) is 0 Å². The van der Waals surface area contributed by atoms with Crippen LogP contribution in [0.5, 0.6) is 0 Å². The molecule has 17 unspecified atom stereocenters. The maximum atomic E-state index is 13.3. The highest BCUT2D eigenvalue weighted by Gasteiger charge is 2.53. The van der Waals surface area contributed by atoms with E-state index in [-0.39, 0.29) is 18.9 Å². The summed E-state index contributed by atoms with van der Waals surface area (Å²) >= 11 is 0. The van der Waals surface area contributed by atoms with E-state index >= 15 is 0 Å². The second-order valence-corrected chi connectivity index (χ2v) is 24.6. The van der Waals surface area contributed by atoms with Gasteiger partial charge in [-0.1, -0.05) is 230 Å². The van der Waals surface area contributed by atoms with Crippen LogP contribution in [-0.2, 0) is 33.2 Å². The van der Waals surface area contributed by atoms with E-state index in [2.05, 4.69) is 43.5 Å². The Morgan fingerprint density at radius 1 is 0.407 bits per heavy atom. The Morgan fingerprint density at radius 2 is 0.767 bits per heavy atom. The molecule has 0 radical (unpaired) electrons. The monoisotopic (exact) mass is 1230 g/mol. The number of aliphatic hydroxyl groups is 11. The zero-order valence-corrected chi connectivity index (χ0v) is 53.0. The van der Waals surface area contributed by atoms with E-state index in [0.717, 1.165) is 64.2 Å². The van der Waals surface area contributed by atoms with Gasteiger partial charge in [-0.2, -0.15) is 0 Å². The second kappa shape index (κ2) is 49.7. The van der Waals surface area contributed by atoms with Crippen molar-refractivity contribution in [1.29, 1.82) is 0 Å². The fourth-order valence-electron chi connectivity index (χ4n) is 11.6. The largest absolute Gasteiger partial charge is 0.394 e. The van der Waals surface area contributed by atoms with E-state index < -0.39 is 124 Å². The van der Waals surface area contributed by atoms with E-state index in [1.807, 2.05) is 6.08 Å². The molecule has 3 rings (SSSR count). The number of rotatable bonds is 52. The molecule has 3 heterocycles. The molecule has 86 heavy (non-hydrogen) atoms. The number of allylic oxidation sites excluding steroid dienone is 5. The second-order valence-electron chi connectivity index (χ2n) is 24.6. The van der Waals surface area contributed by atoms with Crippen LogP contribution in [0.2, 0.25) is 0 Å². The third-order valence-electron chi connectivity index (χ3n) is 17.1. The topological polar surface area (TPSA) is 307 Å². The third kappa shape index (κ3) is 31.8. The fraction of sp³-hybridized carbons (Fsp3) is 0.896. The molecule has 0 aromatic rings. The minimum absolute atomic E-state index is 0.224. The molecule has 3 saturated heterocycles. The molecule has 0 saturated carbocycles. The normalized spacial score (nSPS) is 29.0. The minimum Gasteiger partial charge on any atom is -0.394 e. The summed E-state index contributed by atoms with van der Waals surface area (Å²) in [6.07, 6.45) is 30.3. The zero-order chi connectivity index (χ0) is 62.6. The lowest BCUT2D eigenvalue weighted by Crippen LogP contribution is -2.66. The fourth-order valence-corrected chi connectivity index (χ4v) is 11.6. The van der Waals surface area contributed by atoms with Gasteiger partial charge < -0.3 is 89.9 Å². The van der Waals surface area contributed by atoms with Crippen molar-refractivity contribution < 1.29 is 89.4 Å². The lowest BCUT2D eigenvalue weighted by atomic mass is 9.96. The highest BCUT2D eigenvalue weighted by atomic mass is 16.8. The van der Waals surface area contributed by atoms with Crippen molar-refractivity contribution in [3.05, 3.63) is 36.5 Å². The molecule has 1 amide bonds. The zero-order valence-electron chi connectivity index (χ0n) is 53.0. The Kier molecular flexibility index (Phi) is 45.2. The molecule has 19 heteroatoms. The SMILES string of the molecule is CCC/C=C\CCCCCCCC(=O)NC(COC1OC(CO)C(OC2OC(CO)C(OC3OC(CO)C(O)C(O)C3O)C(O)C2O)C(O)C1O)C(O)/C=C/CC/C=C/CCCCCCCCCCCCCCCCCCCCCCCCCCC. The molecule has 0 spiro atoms. The lowest BCUT2D eigenvalue weighted by molar-refractivity contribution is -0.379. The van der Waals surface area contributed by atoms with Gasteiger partial charge in [0, 0.05) is 6.42 Å². The average Bonchev–Trinajstić information content (AvgIpc) is 1.38. The minimum atomic E-state index is -1.98. The molecule has 0 aromatic heterocycles. The Balaban J connectivity index is 1.38. The summed E-state index contributed by atoms with van der Waals surface area (Å²) in [4.78, 5) is 13.3. The van der Waals surface area contributed by atoms with Crippen LogP contribution >= 0.6 is 0 Å². The van der Waals surface area contributed by atoms with Gasteiger partial charge in [0.2, 0.25) is 5.91 Å².